The summed E-state index contributed by atoms with van der Waals surface area (Å²) in [7, 11) is 5.19. The third-order valence-electron chi connectivity index (χ3n) is 3.54. The van der Waals surface area contributed by atoms with Gasteiger partial charge in [-0.1, -0.05) is 11.6 Å². The van der Waals surface area contributed by atoms with Crippen molar-refractivity contribution in [3.63, 3.8) is 0 Å². The number of ether oxygens (including phenoxy) is 2. The number of methoxy groups -OCH3 is 2. The van der Waals surface area contributed by atoms with E-state index in [2.05, 4.69) is 5.32 Å². The smallest absolute Gasteiger partial charge is 0.279 e. The Kier molecular flexibility index (Phi) is 6.46. The van der Waals surface area contributed by atoms with Crippen molar-refractivity contribution in [3.8, 4) is 11.5 Å². The summed E-state index contributed by atoms with van der Waals surface area (Å²) in [5, 5.41) is 3.51. The molecular weight excluding hydrogens is 328 g/mol. The fourth-order valence-corrected chi connectivity index (χ4v) is 2.54. The minimum absolute atomic E-state index is 0.0460. The van der Waals surface area contributed by atoms with E-state index in [0.29, 0.717) is 29.6 Å². The summed E-state index contributed by atoms with van der Waals surface area (Å²) in [6, 6.07) is 12.8. The van der Waals surface area contributed by atoms with E-state index in [4.69, 9.17) is 21.1 Å². The molecule has 24 heavy (non-hydrogen) atoms. The van der Waals surface area contributed by atoms with Crippen molar-refractivity contribution < 1.29 is 19.2 Å². The first-order chi connectivity index (χ1) is 11.5. The highest BCUT2D eigenvalue weighted by molar-refractivity contribution is 6.30. The molecule has 0 saturated carbocycles. The molecule has 0 aliphatic heterocycles. The molecule has 1 atom stereocenters. The maximum atomic E-state index is 12.1. The van der Waals surface area contributed by atoms with Crippen molar-refractivity contribution in [2.45, 2.75) is 6.54 Å². The first-order valence-electron chi connectivity index (χ1n) is 7.59. The third kappa shape index (κ3) is 5.15. The molecule has 0 heterocycles. The monoisotopic (exact) mass is 349 g/mol. The Morgan fingerprint density at radius 2 is 1.75 bits per heavy atom. The number of benzene rings is 2. The van der Waals surface area contributed by atoms with Crippen molar-refractivity contribution >= 4 is 23.2 Å². The van der Waals surface area contributed by atoms with E-state index in [9.17, 15) is 4.79 Å². The van der Waals surface area contributed by atoms with E-state index in [1.807, 2.05) is 25.2 Å². The number of anilines is 1. The molecule has 2 rings (SSSR count). The van der Waals surface area contributed by atoms with Gasteiger partial charge in [-0.2, -0.15) is 0 Å². The van der Waals surface area contributed by atoms with E-state index in [0.717, 1.165) is 16.2 Å². The molecule has 0 spiro atoms. The maximum Gasteiger partial charge on any atom is 0.279 e. The molecule has 5 nitrogen and oxygen atoms in total. The Labute approximate surface area is 147 Å². The molecule has 2 N–H and O–H groups in total. The van der Waals surface area contributed by atoms with Gasteiger partial charge in [0.1, 0.15) is 6.54 Å². The van der Waals surface area contributed by atoms with Crippen LogP contribution in [0.2, 0.25) is 5.02 Å². The molecular formula is C18H22ClN2O3+. The molecule has 1 unspecified atom stereocenters. The SMILES string of the molecule is COc1ccc(C[NH+](C)CC(=O)Nc2ccc(Cl)cc2)cc1OC. The minimum Gasteiger partial charge on any atom is -0.493 e. The van der Waals surface area contributed by atoms with Crippen LogP contribution in [0, 0.1) is 0 Å². The number of carbonyl (C=O) groups excluding carboxylic acids is 1. The third-order valence-corrected chi connectivity index (χ3v) is 3.80. The van der Waals surface area contributed by atoms with E-state index in [-0.39, 0.29) is 5.91 Å². The van der Waals surface area contributed by atoms with E-state index >= 15 is 0 Å². The van der Waals surface area contributed by atoms with Gasteiger partial charge >= 0.3 is 0 Å². The van der Waals surface area contributed by atoms with Crippen LogP contribution in [0.3, 0.4) is 0 Å². The van der Waals surface area contributed by atoms with Crippen molar-refractivity contribution in [1.82, 2.24) is 0 Å². The molecule has 0 aliphatic rings. The van der Waals surface area contributed by atoms with Crippen molar-refractivity contribution in [1.29, 1.82) is 0 Å². The number of likely N-dealkylation sites (N-methyl/N-ethyl adjacent to an activating group) is 1. The summed E-state index contributed by atoms with van der Waals surface area (Å²) in [6.45, 7) is 1.06. The van der Waals surface area contributed by atoms with Crippen LogP contribution in [-0.4, -0.2) is 33.7 Å². The summed E-state index contributed by atoms with van der Waals surface area (Å²) in [5.41, 5.74) is 1.81. The molecule has 2 aromatic carbocycles. The van der Waals surface area contributed by atoms with E-state index in [1.54, 1.807) is 38.5 Å². The molecule has 1 amide bonds. The molecule has 0 aromatic heterocycles. The highest BCUT2D eigenvalue weighted by atomic mass is 35.5. The van der Waals surface area contributed by atoms with E-state index < -0.39 is 0 Å². The Morgan fingerprint density at radius 1 is 1.08 bits per heavy atom. The average molecular weight is 350 g/mol. The summed E-state index contributed by atoms with van der Waals surface area (Å²) in [5.74, 6) is 1.34. The topological polar surface area (TPSA) is 52.0 Å². The Morgan fingerprint density at radius 3 is 2.38 bits per heavy atom. The van der Waals surface area contributed by atoms with Crippen LogP contribution in [-0.2, 0) is 11.3 Å². The number of hydrogen-bond acceptors (Lipinski definition) is 3. The van der Waals surface area contributed by atoms with E-state index in [1.165, 1.54) is 0 Å². The van der Waals surface area contributed by atoms with Crippen LogP contribution in [0.5, 0.6) is 11.5 Å². The van der Waals surface area contributed by atoms with Gasteiger partial charge in [0.15, 0.2) is 18.0 Å². The number of hydrogen-bond donors (Lipinski definition) is 2. The zero-order valence-electron chi connectivity index (χ0n) is 14.1. The van der Waals surface area contributed by atoms with Crippen LogP contribution in [0.15, 0.2) is 42.5 Å². The number of halogens is 1. The summed E-state index contributed by atoms with van der Waals surface area (Å²) in [6.07, 6.45) is 0. The normalized spacial score (nSPS) is 11.7. The van der Waals surface area contributed by atoms with Crippen molar-refractivity contribution in [2.75, 3.05) is 33.1 Å². The number of carbonyl (C=O) groups is 1. The molecule has 0 saturated heterocycles. The molecule has 0 fully saturated rings. The first-order valence-corrected chi connectivity index (χ1v) is 7.97. The highest BCUT2D eigenvalue weighted by Gasteiger charge is 2.12. The van der Waals surface area contributed by atoms with Crippen molar-refractivity contribution in [2.24, 2.45) is 0 Å². The van der Waals surface area contributed by atoms with Gasteiger partial charge in [-0.3, -0.25) is 4.79 Å². The van der Waals surface area contributed by atoms with Crippen LogP contribution >= 0.6 is 11.6 Å². The maximum absolute atomic E-state index is 12.1. The fraction of sp³-hybridized carbons (Fsp3) is 0.278. The Hall–Kier alpha value is -2.24. The van der Waals surface area contributed by atoms with Gasteiger partial charge in [-0.15, -0.1) is 0 Å². The van der Waals surface area contributed by atoms with Crippen LogP contribution in [0.1, 0.15) is 5.56 Å². The minimum atomic E-state index is -0.0460. The Bertz CT molecular complexity index is 689. The molecule has 0 radical (unpaired) electrons. The van der Waals surface area contributed by atoms with Gasteiger partial charge in [0.2, 0.25) is 0 Å². The van der Waals surface area contributed by atoms with Gasteiger partial charge in [-0.05, 0) is 42.5 Å². The second-order valence-corrected chi connectivity index (χ2v) is 5.99. The predicted octanol–water partition coefficient (Wildman–Crippen LogP) is 2.01. The van der Waals surface area contributed by atoms with Crippen LogP contribution < -0.4 is 19.7 Å². The lowest BCUT2D eigenvalue weighted by atomic mass is 10.2. The molecule has 0 aliphatic carbocycles. The second-order valence-electron chi connectivity index (χ2n) is 5.56. The first kappa shape index (κ1) is 18.1. The zero-order valence-corrected chi connectivity index (χ0v) is 14.8. The number of amides is 1. The number of quaternary nitrogens is 1. The van der Waals surface area contributed by atoms with Gasteiger partial charge in [0.25, 0.3) is 5.91 Å². The average Bonchev–Trinajstić information content (AvgIpc) is 2.56. The lowest BCUT2D eigenvalue weighted by Gasteiger charge is -2.15. The molecule has 128 valence electrons. The van der Waals surface area contributed by atoms with Gasteiger partial charge < -0.3 is 19.7 Å². The summed E-state index contributed by atoms with van der Waals surface area (Å²) >= 11 is 5.83. The molecule has 2 aromatic rings. The molecule has 0 bridgehead atoms. The largest absolute Gasteiger partial charge is 0.493 e. The fourth-order valence-electron chi connectivity index (χ4n) is 2.41. The summed E-state index contributed by atoms with van der Waals surface area (Å²) in [4.78, 5) is 13.2. The Balaban J connectivity index is 1.91. The number of nitrogens with one attached hydrogen (secondary N) is 2. The molecule has 6 heteroatoms. The van der Waals surface area contributed by atoms with Crippen LogP contribution in [0.4, 0.5) is 5.69 Å². The van der Waals surface area contributed by atoms with Gasteiger partial charge in [-0.25, -0.2) is 0 Å². The lowest BCUT2D eigenvalue weighted by molar-refractivity contribution is -0.885. The van der Waals surface area contributed by atoms with Crippen LogP contribution in [0.25, 0.3) is 0 Å². The standard InChI is InChI=1S/C18H21ClN2O3/c1-21(11-13-4-9-16(23-2)17(10-13)24-3)12-18(22)20-15-7-5-14(19)6-8-15/h4-10H,11-12H2,1-3H3,(H,20,22)/p+1. The highest BCUT2D eigenvalue weighted by Crippen LogP contribution is 2.27. The van der Waals surface area contributed by atoms with Crippen molar-refractivity contribution in [3.05, 3.63) is 53.1 Å². The van der Waals surface area contributed by atoms with Gasteiger partial charge in [0, 0.05) is 16.3 Å². The second kappa shape index (κ2) is 8.57. The zero-order chi connectivity index (χ0) is 17.5. The quantitative estimate of drug-likeness (QED) is 0.804. The summed E-state index contributed by atoms with van der Waals surface area (Å²) < 4.78 is 10.5. The van der Waals surface area contributed by atoms with Gasteiger partial charge in [0.05, 0.1) is 21.3 Å². The lowest BCUT2D eigenvalue weighted by Crippen LogP contribution is -3.08. The number of rotatable bonds is 7. The predicted molar refractivity (Wildman–Crippen MR) is 95.1 cm³/mol.